The van der Waals surface area contributed by atoms with Gasteiger partial charge in [-0.15, -0.1) is 0 Å². The van der Waals surface area contributed by atoms with Crippen molar-refractivity contribution in [2.45, 2.75) is 6.54 Å². The van der Waals surface area contributed by atoms with Gasteiger partial charge in [-0.3, -0.25) is 4.79 Å². The van der Waals surface area contributed by atoms with Crippen LogP contribution < -0.4 is 0 Å². The fourth-order valence-electron chi connectivity index (χ4n) is 2.18. The summed E-state index contributed by atoms with van der Waals surface area (Å²) >= 11 is 0. The van der Waals surface area contributed by atoms with Crippen molar-refractivity contribution in [2.75, 3.05) is 0 Å². The average molecular weight is 262 g/mol. The van der Waals surface area contributed by atoms with Crippen molar-refractivity contribution in [3.8, 4) is 11.3 Å². The molecule has 0 saturated carbocycles. The molecule has 0 bridgehead atoms. The molecule has 98 valence electrons. The van der Waals surface area contributed by atoms with Crippen molar-refractivity contribution in [3.63, 3.8) is 0 Å². The maximum Gasteiger partial charge on any atom is 0.185 e. The first-order chi connectivity index (χ1) is 9.86. The third-order valence-electron chi connectivity index (χ3n) is 3.18. The highest BCUT2D eigenvalue weighted by Crippen LogP contribution is 2.18. The van der Waals surface area contributed by atoms with Gasteiger partial charge < -0.3 is 4.57 Å². The fraction of sp³-hybridized carbons (Fsp3) is 0.0588. The van der Waals surface area contributed by atoms with E-state index in [-0.39, 0.29) is 0 Å². The fourth-order valence-corrected chi connectivity index (χ4v) is 2.18. The van der Waals surface area contributed by atoms with Crippen molar-refractivity contribution in [3.05, 3.63) is 78.2 Å². The Labute approximate surface area is 117 Å². The van der Waals surface area contributed by atoms with Crippen LogP contribution in [0.3, 0.4) is 0 Å². The minimum atomic E-state index is 0.452. The quantitative estimate of drug-likeness (QED) is 0.675. The van der Waals surface area contributed by atoms with Crippen LogP contribution in [0.15, 0.2) is 66.9 Å². The molecule has 0 N–H and O–H groups in total. The summed E-state index contributed by atoms with van der Waals surface area (Å²) < 4.78 is 1.88. The van der Waals surface area contributed by atoms with Gasteiger partial charge in [-0.1, -0.05) is 60.7 Å². The molecule has 3 rings (SSSR count). The van der Waals surface area contributed by atoms with Gasteiger partial charge in [-0.2, -0.15) is 0 Å². The first-order valence-corrected chi connectivity index (χ1v) is 6.48. The van der Waals surface area contributed by atoms with E-state index in [1.165, 1.54) is 0 Å². The van der Waals surface area contributed by atoms with E-state index in [0.717, 1.165) is 23.1 Å². The van der Waals surface area contributed by atoms with Gasteiger partial charge in [0.2, 0.25) is 0 Å². The van der Waals surface area contributed by atoms with Crippen molar-refractivity contribution in [1.82, 2.24) is 9.55 Å². The number of aromatic nitrogens is 2. The number of hydrogen-bond donors (Lipinski definition) is 0. The maximum absolute atomic E-state index is 11.2. The lowest BCUT2D eigenvalue weighted by Crippen LogP contribution is -2.02. The lowest BCUT2D eigenvalue weighted by Gasteiger charge is -2.03. The number of rotatable bonds is 4. The van der Waals surface area contributed by atoms with E-state index < -0.39 is 0 Å². The molecule has 0 saturated heterocycles. The minimum absolute atomic E-state index is 0.452. The molecular weight excluding hydrogens is 248 g/mol. The van der Waals surface area contributed by atoms with Gasteiger partial charge >= 0.3 is 0 Å². The Morgan fingerprint density at radius 3 is 2.25 bits per heavy atom. The summed E-state index contributed by atoms with van der Waals surface area (Å²) in [5.74, 6) is 0.452. The van der Waals surface area contributed by atoms with Crippen LogP contribution in [-0.4, -0.2) is 15.8 Å². The summed E-state index contributed by atoms with van der Waals surface area (Å²) in [7, 11) is 0. The second-order valence-corrected chi connectivity index (χ2v) is 4.58. The molecule has 0 aliphatic rings. The van der Waals surface area contributed by atoms with Gasteiger partial charge in [0.15, 0.2) is 12.1 Å². The molecule has 0 aliphatic carbocycles. The molecule has 20 heavy (non-hydrogen) atoms. The van der Waals surface area contributed by atoms with Gasteiger partial charge in [-0.25, -0.2) is 4.98 Å². The summed E-state index contributed by atoms with van der Waals surface area (Å²) in [4.78, 5) is 15.6. The Bertz CT molecular complexity index is 702. The number of aldehydes is 1. The Morgan fingerprint density at radius 2 is 1.60 bits per heavy atom. The number of hydrogen-bond acceptors (Lipinski definition) is 2. The molecule has 0 unspecified atom stereocenters. The molecule has 3 aromatic rings. The van der Waals surface area contributed by atoms with Crippen molar-refractivity contribution in [1.29, 1.82) is 0 Å². The predicted molar refractivity (Wildman–Crippen MR) is 78.6 cm³/mol. The Morgan fingerprint density at radius 1 is 0.950 bits per heavy atom. The van der Waals surface area contributed by atoms with E-state index in [4.69, 9.17) is 0 Å². The third kappa shape index (κ3) is 2.52. The third-order valence-corrected chi connectivity index (χ3v) is 3.18. The lowest BCUT2D eigenvalue weighted by atomic mass is 10.2. The molecule has 1 aromatic heterocycles. The van der Waals surface area contributed by atoms with Crippen LogP contribution in [0.5, 0.6) is 0 Å². The lowest BCUT2D eigenvalue weighted by molar-refractivity contribution is 0.111. The average Bonchev–Trinajstić information content (AvgIpc) is 2.92. The van der Waals surface area contributed by atoms with Gasteiger partial charge in [0, 0.05) is 18.3 Å². The van der Waals surface area contributed by atoms with Crippen LogP contribution in [0.25, 0.3) is 11.3 Å². The topological polar surface area (TPSA) is 34.9 Å². The van der Waals surface area contributed by atoms with Crippen molar-refractivity contribution >= 4 is 6.29 Å². The molecule has 0 atom stereocenters. The highest BCUT2D eigenvalue weighted by molar-refractivity contribution is 5.72. The number of nitrogens with zero attached hydrogens (tertiary/aromatic N) is 2. The molecule has 0 fully saturated rings. The first-order valence-electron chi connectivity index (χ1n) is 6.48. The molecule has 3 nitrogen and oxygen atoms in total. The molecule has 0 radical (unpaired) electrons. The number of imidazole rings is 1. The Hall–Kier alpha value is -2.68. The molecule has 0 amide bonds. The largest absolute Gasteiger partial charge is 0.324 e. The van der Waals surface area contributed by atoms with E-state index in [9.17, 15) is 4.79 Å². The van der Waals surface area contributed by atoms with Crippen LogP contribution in [0, 0.1) is 0 Å². The molecule has 0 spiro atoms. The molecular formula is C17H14N2O. The molecule has 2 aromatic carbocycles. The van der Waals surface area contributed by atoms with Gasteiger partial charge in [0.1, 0.15) is 0 Å². The van der Waals surface area contributed by atoms with E-state index in [2.05, 4.69) is 4.98 Å². The molecule has 0 aliphatic heterocycles. The highest BCUT2D eigenvalue weighted by atomic mass is 16.1. The Kier molecular flexibility index (Phi) is 3.42. The summed E-state index contributed by atoms with van der Waals surface area (Å²) in [5, 5.41) is 0. The SMILES string of the molecule is O=Cc1nc(-c2ccccc2)cn1Cc1ccccc1. The summed E-state index contributed by atoms with van der Waals surface area (Å²) in [6, 6.07) is 19.9. The first kappa shape index (κ1) is 12.4. The zero-order valence-corrected chi connectivity index (χ0v) is 10.9. The van der Waals surface area contributed by atoms with Crippen LogP contribution in [-0.2, 0) is 6.54 Å². The standard InChI is InChI=1S/C17H14N2O/c20-13-17-18-16(15-9-5-2-6-10-15)12-19(17)11-14-7-3-1-4-8-14/h1-10,12-13H,11H2. The van der Waals surface area contributed by atoms with Crippen molar-refractivity contribution < 1.29 is 4.79 Å². The summed E-state index contributed by atoms with van der Waals surface area (Å²) in [6.07, 6.45) is 2.72. The summed E-state index contributed by atoms with van der Waals surface area (Å²) in [6.45, 7) is 0.648. The predicted octanol–water partition coefficient (Wildman–Crippen LogP) is 3.41. The second kappa shape index (κ2) is 5.53. The second-order valence-electron chi connectivity index (χ2n) is 4.58. The minimum Gasteiger partial charge on any atom is -0.324 e. The van der Waals surface area contributed by atoms with Gasteiger partial charge in [0.25, 0.3) is 0 Å². The zero-order valence-electron chi connectivity index (χ0n) is 10.9. The normalized spacial score (nSPS) is 10.4. The van der Waals surface area contributed by atoms with E-state index >= 15 is 0 Å². The zero-order chi connectivity index (χ0) is 13.8. The molecule has 1 heterocycles. The van der Waals surface area contributed by atoms with Crippen LogP contribution in [0.4, 0.5) is 0 Å². The maximum atomic E-state index is 11.2. The number of carbonyl (C=O) groups excluding carboxylic acids is 1. The van der Waals surface area contributed by atoms with E-state index in [1.54, 1.807) is 0 Å². The van der Waals surface area contributed by atoms with Gasteiger partial charge in [-0.05, 0) is 5.56 Å². The summed E-state index contributed by atoms with van der Waals surface area (Å²) in [5.41, 5.74) is 2.98. The van der Waals surface area contributed by atoms with Crippen LogP contribution >= 0.6 is 0 Å². The smallest absolute Gasteiger partial charge is 0.185 e. The number of carbonyl (C=O) groups is 1. The van der Waals surface area contributed by atoms with Crippen LogP contribution in [0.2, 0.25) is 0 Å². The monoisotopic (exact) mass is 262 g/mol. The highest BCUT2D eigenvalue weighted by Gasteiger charge is 2.08. The Balaban J connectivity index is 1.95. The van der Waals surface area contributed by atoms with Gasteiger partial charge in [0.05, 0.1) is 5.69 Å². The molecule has 3 heteroatoms. The van der Waals surface area contributed by atoms with Crippen molar-refractivity contribution in [2.24, 2.45) is 0 Å². The number of benzene rings is 2. The van der Waals surface area contributed by atoms with E-state index in [0.29, 0.717) is 12.4 Å². The van der Waals surface area contributed by atoms with Crippen LogP contribution in [0.1, 0.15) is 16.2 Å². The van der Waals surface area contributed by atoms with E-state index in [1.807, 2.05) is 71.4 Å².